The number of amides is 1. The van der Waals surface area contributed by atoms with Crippen LogP contribution in [0.25, 0.3) is 0 Å². The van der Waals surface area contributed by atoms with Gasteiger partial charge in [0, 0.05) is 17.1 Å². The average molecular weight is 305 g/mol. The second kappa shape index (κ2) is 8.36. The standard InChI is InChI=1S/C12H13F2NO4S/c13-12(14)19-10-4-2-1-3-8(10)5-20-6-9(11(17)18)15-7-16/h1-4,7,9,12H,5-6H2,(H,15,16)(H,17,18). The van der Waals surface area contributed by atoms with Crippen molar-refractivity contribution in [3.63, 3.8) is 0 Å². The molecule has 0 aliphatic carbocycles. The lowest BCUT2D eigenvalue weighted by Crippen LogP contribution is -2.37. The lowest BCUT2D eigenvalue weighted by molar-refractivity contribution is -0.139. The number of aliphatic carboxylic acids is 1. The molecule has 1 amide bonds. The summed E-state index contributed by atoms with van der Waals surface area (Å²) in [4.78, 5) is 21.0. The van der Waals surface area contributed by atoms with Crippen LogP contribution in [0, 0.1) is 0 Å². The van der Waals surface area contributed by atoms with E-state index < -0.39 is 18.6 Å². The molecule has 0 aromatic heterocycles. The van der Waals surface area contributed by atoms with Gasteiger partial charge in [0.2, 0.25) is 6.41 Å². The van der Waals surface area contributed by atoms with Crippen molar-refractivity contribution in [2.75, 3.05) is 5.75 Å². The van der Waals surface area contributed by atoms with E-state index >= 15 is 0 Å². The molecule has 0 aliphatic heterocycles. The highest BCUT2D eigenvalue weighted by molar-refractivity contribution is 7.98. The fourth-order valence-corrected chi connectivity index (χ4v) is 2.44. The first-order chi connectivity index (χ1) is 9.54. The van der Waals surface area contributed by atoms with Gasteiger partial charge >= 0.3 is 12.6 Å². The summed E-state index contributed by atoms with van der Waals surface area (Å²) in [7, 11) is 0. The summed E-state index contributed by atoms with van der Waals surface area (Å²) in [5, 5.41) is 11.0. The monoisotopic (exact) mass is 305 g/mol. The molecule has 1 aromatic rings. The minimum Gasteiger partial charge on any atom is -0.480 e. The van der Waals surface area contributed by atoms with E-state index in [1.807, 2.05) is 0 Å². The summed E-state index contributed by atoms with van der Waals surface area (Å²) in [6, 6.07) is 5.27. The molecular weight excluding hydrogens is 292 g/mol. The van der Waals surface area contributed by atoms with Crippen LogP contribution in [0.5, 0.6) is 5.75 Å². The molecule has 1 rings (SSSR count). The predicted octanol–water partition coefficient (Wildman–Crippen LogP) is 1.72. The van der Waals surface area contributed by atoms with E-state index in [0.29, 0.717) is 17.7 Å². The van der Waals surface area contributed by atoms with Crippen LogP contribution in [-0.2, 0) is 15.3 Å². The lowest BCUT2D eigenvalue weighted by Gasteiger charge is -2.12. The zero-order chi connectivity index (χ0) is 15.0. The molecule has 0 saturated heterocycles. The first kappa shape index (κ1) is 16.2. The average Bonchev–Trinajstić information content (AvgIpc) is 2.38. The zero-order valence-corrected chi connectivity index (χ0v) is 11.1. The Morgan fingerprint density at radius 2 is 2.15 bits per heavy atom. The SMILES string of the molecule is O=CNC(CSCc1ccccc1OC(F)F)C(=O)O. The summed E-state index contributed by atoms with van der Waals surface area (Å²) in [6.45, 7) is -2.91. The molecule has 110 valence electrons. The first-order valence-electron chi connectivity index (χ1n) is 5.57. The van der Waals surface area contributed by atoms with E-state index in [-0.39, 0.29) is 11.5 Å². The third kappa shape index (κ3) is 5.43. The Kier molecular flexibility index (Phi) is 6.78. The van der Waals surface area contributed by atoms with E-state index in [4.69, 9.17) is 5.11 Å². The Labute approximate surface area is 118 Å². The van der Waals surface area contributed by atoms with Crippen molar-refractivity contribution in [2.24, 2.45) is 0 Å². The maximum Gasteiger partial charge on any atom is 0.387 e. The number of carbonyl (C=O) groups excluding carboxylic acids is 1. The van der Waals surface area contributed by atoms with Gasteiger partial charge in [-0.3, -0.25) is 4.79 Å². The predicted molar refractivity (Wildman–Crippen MR) is 69.9 cm³/mol. The molecule has 8 heteroatoms. The van der Waals surface area contributed by atoms with Crippen molar-refractivity contribution in [3.05, 3.63) is 29.8 Å². The fourth-order valence-electron chi connectivity index (χ4n) is 1.39. The van der Waals surface area contributed by atoms with E-state index in [1.54, 1.807) is 18.2 Å². The van der Waals surface area contributed by atoms with Crippen molar-refractivity contribution in [2.45, 2.75) is 18.4 Å². The summed E-state index contributed by atoms with van der Waals surface area (Å²) < 4.78 is 28.8. The summed E-state index contributed by atoms with van der Waals surface area (Å²) in [5.74, 6) is -0.670. The summed E-state index contributed by atoms with van der Waals surface area (Å²) in [5.41, 5.74) is 0.535. The van der Waals surface area contributed by atoms with E-state index in [1.165, 1.54) is 17.8 Å². The molecule has 2 N–H and O–H groups in total. The van der Waals surface area contributed by atoms with Gasteiger partial charge in [-0.25, -0.2) is 4.79 Å². The highest BCUT2D eigenvalue weighted by Crippen LogP contribution is 2.24. The number of ether oxygens (including phenoxy) is 1. The number of carbonyl (C=O) groups is 2. The zero-order valence-electron chi connectivity index (χ0n) is 10.3. The van der Waals surface area contributed by atoms with E-state index in [9.17, 15) is 18.4 Å². The van der Waals surface area contributed by atoms with Gasteiger partial charge in [0.1, 0.15) is 11.8 Å². The topological polar surface area (TPSA) is 75.6 Å². The normalized spacial score (nSPS) is 11.9. The number of hydrogen-bond acceptors (Lipinski definition) is 4. The minimum absolute atomic E-state index is 0.0604. The maximum atomic E-state index is 12.2. The second-order valence-corrected chi connectivity index (χ2v) is 4.71. The Hall–Kier alpha value is -1.83. The molecule has 20 heavy (non-hydrogen) atoms. The van der Waals surface area contributed by atoms with Crippen LogP contribution in [0.1, 0.15) is 5.56 Å². The van der Waals surface area contributed by atoms with Crippen LogP contribution in [0.2, 0.25) is 0 Å². The van der Waals surface area contributed by atoms with Gasteiger partial charge in [-0.15, -0.1) is 0 Å². The number of thioether (sulfide) groups is 1. The highest BCUT2D eigenvalue weighted by Gasteiger charge is 2.16. The van der Waals surface area contributed by atoms with Gasteiger partial charge in [-0.1, -0.05) is 18.2 Å². The molecule has 1 atom stereocenters. The van der Waals surface area contributed by atoms with Crippen LogP contribution >= 0.6 is 11.8 Å². The number of carboxylic acid groups (broad SMARTS) is 1. The largest absolute Gasteiger partial charge is 0.480 e. The molecule has 1 aromatic carbocycles. The number of nitrogens with one attached hydrogen (secondary N) is 1. The Balaban J connectivity index is 2.56. The van der Waals surface area contributed by atoms with Gasteiger partial charge in [-0.2, -0.15) is 20.5 Å². The number of halogens is 2. The lowest BCUT2D eigenvalue weighted by atomic mass is 10.2. The smallest absolute Gasteiger partial charge is 0.387 e. The van der Waals surface area contributed by atoms with Crippen molar-refractivity contribution >= 4 is 24.1 Å². The van der Waals surface area contributed by atoms with Crippen LogP contribution in [-0.4, -0.2) is 35.9 Å². The van der Waals surface area contributed by atoms with Gasteiger partial charge in [0.15, 0.2) is 0 Å². The number of alkyl halides is 2. The number of hydrogen-bond donors (Lipinski definition) is 2. The number of para-hydroxylation sites is 1. The number of benzene rings is 1. The Bertz CT molecular complexity index is 459. The van der Waals surface area contributed by atoms with E-state index in [2.05, 4.69) is 10.1 Å². The van der Waals surface area contributed by atoms with Gasteiger partial charge < -0.3 is 15.2 Å². The maximum absolute atomic E-state index is 12.2. The molecule has 5 nitrogen and oxygen atoms in total. The quantitative estimate of drug-likeness (QED) is 0.679. The number of carboxylic acids is 1. The summed E-state index contributed by atoms with van der Waals surface area (Å²) >= 11 is 1.20. The van der Waals surface area contributed by atoms with Crippen LogP contribution in [0.3, 0.4) is 0 Å². The van der Waals surface area contributed by atoms with Gasteiger partial charge in [-0.05, 0) is 6.07 Å². The van der Waals surface area contributed by atoms with Crippen LogP contribution in [0.15, 0.2) is 24.3 Å². The van der Waals surface area contributed by atoms with E-state index in [0.717, 1.165) is 0 Å². The Morgan fingerprint density at radius 3 is 2.75 bits per heavy atom. The highest BCUT2D eigenvalue weighted by atomic mass is 32.2. The Morgan fingerprint density at radius 1 is 1.45 bits per heavy atom. The molecule has 0 spiro atoms. The second-order valence-electron chi connectivity index (χ2n) is 3.68. The van der Waals surface area contributed by atoms with Crippen molar-refractivity contribution in [1.29, 1.82) is 0 Å². The molecule has 0 bridgehead atoms. The van der Waals surface area contributed by atoms with Crippen molar-refractivity contribution < 1.29 is 28.2 Å². The van der Waals surface area contributed by atoms with Crippen LogP contribution in [0.4, 0.5) is 8.78 Å². The molecule has 0 aliphatic rings. The fraction of sp³-hybridized carbons (Fsp3) is 0.333. The molecule has 0 fully saturated rings. The van der Waals surface area contributed by atoms with Gasteiger partial charge in [0.25, 0.3) is 0 Å². The molecular formula is C12H13F2NO4S. The van der Waals surface area contributed by atoms with Gasteiger partial charge in [0.05, 0.1) is 0 Å². The summed E-state index contributed by atoms with van der Waals surface area (Å²) in [6.07, 6.45) is 0.313. The minimum atomic E-state index is -2.91. The first-order valence-corrected chi connectivity index (χ1v) is 6.73. The molecule has 0 radical (unpaired) electrons. The number of rotatable bonds is 9. The van der Waals surface area contributed by atoms with Crippen LogP contribution < -0.4 is 10.1 Å². The third-order valence-electron chi connectivity index (χ3n) is 2.30. The van der Waals surface area contributed by atoms with Crippen molar-refractivity contribution in [3.8, 4) is 5.75 Å². The molecule has 1 unspecified atom stereocenters. The third-order valence-corrected chi connectivity index (χ3v) is 3.38. The molecule has 0 heterocycles. The van der Waals surface area contributed by atoms with Crippen molar-refractivity contribution in [1.82, 2.24) is 5.32 Å². The molecule has 0 saturated carbocycles.